The molecule has 0 spiro atoms. The van der Waals surface area contributed by atoms with Crippen LogP contribution in [0, 0.1) is 5.92 Å². The molecule has 0 N–H and O–H groups in total. The normalized spacial score (nSPS) is 19.0. The molecule has 4 heteroatoms. The van der Waals surface area contributed by atoms with Gasteiger partial charge in [-0.2, -0.15) is 0 Å². The molecule has 0 aromatic heterocycles. The van der Waals surface area contributed by atoms with E-state index in [1.54, 1.807) is 4.90 Å². The highest BCUT2D eigenvalue weighted by atomic mass is 16.2. The van der Waals surface area contributed by atoms with Gasteiger partial charge >= 0.3 is 0 Å². The number of anilines is 1. The van der Waals surface area contributed by atoms with Crippen molar-refractivity contribution in [3.63, 3.8) is 0 Å². The first kappa shape index (κ1) is 14.1. The Morgan fingerprint density at radius 1 is 1.29 bits per heavy atom. The molecule has 2 amide bonds. The van der Waals surface area contributed by atoms with Gasteiger partial charge in [-0.15, -0.1) is 0 Å². The van der Waals surface area contributed by atoms with Crippen molar-refractivity contribution in [2.45, 2.75) is 33.1 Å². The van der Waals surface area contributed by atoms with E-state index in [4.69, 9.17) is 0 Å². The second-order valence-corrected chi connectivity index (χ2v) is 6.13. The van der Waals surface area contributed by atoms with Crippen LogP contribution in [0.15, 0.2) is 18.2 Å². The summed E-state index contributed by atoms with van der Waals surface area (Å²) in [6.45, 7) is 6.58. The van der Waals surface area contributed by atoms with Crippen LogP contribution in [0.2, 0.25) is 0 Å². The van der Waals surface area contributed by atoms with E-state index in [0.717, 1.165) is 37.2 Å². The topological polar surface area (TPSA) is 40.6 Å². The number of carbonyl (C=O) groups excluding carboxylic acids is 2. The van der Waals surface area contributed by atoms with Gasteiger partial charge in [0.05, 0.1) is 6.42 Å². The number of hydrogen-bond donors (Lipinski definition) is 0. The van der Waals surface area contributed by atoms with E-state index in [1.807, 2.05) is 30.0 Å². The fourth-order valence-electron chi connectivity index (χ4n) is 3.26. The van der Waals surface area contributed by atoms with Crippen molar-refractivity contribution < 1.29 is 9.59 Å². The third-order valence-electron chi connectivity index (χ3n) is 4.65. The zero-order chi connectivity index (χ0) is 15.0. The van der Waals surface area contributed by atoms with Gasteiger partial charge < -0.3 is 9.80 Å². The van der Waals surface area contributed by atoms with Gasteiger partial charge in [-0.05, 0) is 49.4 Å². The first-order valence-corrected chi connectivity index (χ1v) is 7.82. The predicted octanol–water partition coefficient (Wildman–Crippen LogP) is 2.47. The molecule has 1 fully saturated rings. The molecule has 0 atom stereocenters. The lowest BCUT2D eigenvalue weighted by Crippen LogP contribution is -2.37. The first-order valence-electron chi connectivity index (χ1n) is 7.82. The number of benzene rings is 1. The van der Waals surface area contributed by atoms with E-state index in [2.05, 4.69) is 6.92 Å². The molecule has 1 aromatic rings. The molecule has 1 aromatic carbocycles. The molecule has 4 nitrogen and oxygen atoms in total. The van der Waals surface area contributed by atoms with E-state index < -0.39 is 0 Å². The van der Waals surface area contributed by atoms with Gasteiger partial charge in [-0.3, -0.25) is 9.59 Å². The highest BCUT2D eigenvalue weighted by molar-refractivity contribution is 6.03. The molecule has 0 bridgehead atoms. The lowest BCUT2D eigenvalue weighted by molar-refractivity contribution is -0.117. The molecular formula is C17H22N2O2. The third-order valence-corrected chi connectivity index (χ3v) is 4.65. The molecule has 112 valence electrons. The summed E-state index contributed by atoms with van der Waals surface area (Å²) in [5.74, 6) is 0.945. The molecule has 0 unspecified atom stereocenters. The average molecular weight is 286 g/mol. The summed E-state index contributed by atoms with van der Waals surface area (Å²) in [6, 6.07) is 5.69. The van der Waals surface area contributed by atoms with Crippen LogP contribution in [0.1, 0.15) is 42.6 Å². The Kier molecular flexibility index (Phi) is 3.70. The Labute approximate surface area is 125 Å². The van der Waals surface area contributed by atoms with Crippen LogP contribution in [-0.4, -0.2) is 36.3 Å². The summed E-state index contributed by atoms with van der Waals surface area (Å²) in [7, 11) is 0. The molecule has 2 aliphatic heterocycles. The highest BCUT2D eigenvalue weighted by Crippen LogP contribution is 2.30. The van der Waals surface area contributed by atoms with Gasteiger partial charge in [0.15, 0.2) is 0 Å². The minimum atomic E-state index is 0.104. The van der Waals surface area contributed by atoms with Gasteiger partial charge in [0.2, 0.25) is 5.91 Å². The summed E-state index contributed by atoms with van der Waals surface area (Å²) in [5.41, 5.74) is 2.67. The van der Waals surface area contributed by atoms with Gasteiger partial charge in [-0.25, -0.2) is 0 Å². The predicted molar refractivity (Wildman–Crippen MR) is 82.5 cm³/mol. The minimum Gasteiger partial charge on any atom is -0.339 e. The van der Waals surface area contributed by atoms with Crippen LogP contribution >= 0.6 is 0 Å². The smallest absolute Gasteiger partial charge is 0.253 e. The second-order valence-electron chi connectivity index (χ2n) is 6.13. The molecule has 2 heterocycles. The maximum absolute atomic E-state index is 12.6. The zero-order valence-electron chi connectivity index (χ0n) is 12.8. The molecule has 0 aliphatic carbocycles. The summed E-state index contributed by atoms with van der Waals surface area (Å²) in [5, 5.41) is 0. The van der Waals surface area contributed by atoms with E-state index in [0.29, 0.717) is 24.4 Å². The van der Waals surface area contributed by atoms with Gasteiger partial charge in [0.25, 0.3) is 5.91 Å². The Balaban J connectivity index is 1.80. The van der Waals surface area contributed by atoms with Crippen molar-refractivity contribution in [2.75, 3.05) is 24.5 Å². The molecule has 1 saturated heterocycles. The van der Waals surface area contributed by atoms with Crippen LogP contribution in [0.5, 0.6) is 0 Å². The summed E-state index contributed by atoms with van der Waals surface area (Å²) in [6.07, 6.45) is 2.58. The summed E-state index contributed by atoms with van der Waals surface area (Å²) in [4.78, 5) is 28.2. The van der Waals surface area contributed by atoms with Crippen molar-refractivity contribution in [3.8, 4) is 0 Å². The largest absolute Gasteiger partial charge is 0.339 e. The average Bonchev–Trinajstić information content (AvgIpc) is 2.81. The van der Waals surface area contributed by atoms with Gasteiger partial charge in [0, 0.05) is 30.9 Å². The fraction of sp³-hybridized carbons (Fsp3) is 0.529. The third kappa shape index (κ3) is 2.55. The van der Waals surface area contributed by atoms with Crippen molar-refractivity contribution in [2.24, 2.45) is 5.92 Å². The van der Waals surface area contributed by atoms with E-state index in [1.165, 1.54) is 0 Å². The number of hydrogen-bond acceptors (Lipinski definition) is 2. The number of nitrogens with zero attached hydrogens (tertiary/aromatic N) is 2. The number of fused-ring (bicyclic) bond motifs is 1. The fourth-order valence-corrected chi connectivity index (χ4v) is 3.26. The number of carbonyl (C=O) groups is 2. The van der Waals surface area contributed by atoms with Crippen LogP contribution < -0.4 is 4.90 Å². The lowest BCUT2D eigenvalue weighted by atomic mass is 9.98. The Bertz CT molecular complexity index is 574. The Hall–Kier alpha value is -1.84. The molecule has 3 rings (SSSR count). The monoisotopic (exact) mass is 286 g/mol. The molecular weight excluding hydrogens is 264 g/mol. The van der Waals surface area contributed by atoms with E-state index in [-0.39, 0.29) is 11.8 Å². The molecule has 0 radical (unpaired) electrons. The van der Waals surface area contributed by atoms with Crippen molar-refractivity contribution in [1.29, 1.82) is 0 Å². The lowest BCUT2D eigenvalue weighted by Gasteiger charge is -2.30. The van der Waals surface area contributed by atoms with Crippen LogP contribution in [-0.2, 0) is 11.2 Å². The number of rotatable bonds is 2. The van der Waals surface area contributed by atoms with E-state index in [9.17, 15) is 9.59 Å². The quantitative estimate of drug-likeness (QED) is 0.838. The summed E-state index contributed by atoms with van der Waals surface area (Å²) < 4.78 is 0. The maximum atomic E-state index is 12.6. The standard InChI is InChI=1S/C17H22N2O2/c1-3-19-15-5-4-13(10-14(15)11-16(19)20)17(21)18-8-6-12(2)7-9-18/h4-5,10,12H,3,6-9,11H2,1-2H3. The number of piperidine rings is 1. The minimum absolute atomic E-state index is 0.104. The Morgan fingerprint density at radius 2 is 2.00 bits per heavy atom. The van der Waals surface area contributed by atoms with Crippen LogP contribution in [0.4, 0.5) is 5.69 Å². The van der Waals surface area contributed by atoms with Crippen LogP contribution in [0.3, 0.4) is 0 Å². The first-order chi connectivity index (χ1) is 10.1. The SMILES string of the molecule is CCN1C(=O)Cc2cc(C(=O)N3CCC(C)CC3)ccc21. The maximum Gasteiger partial charge on any atom is 0.253 e. The van der Waals surface area contributed by atoms with Crippen molar-refractivity contribution in [3.05, 3.63) is 29.3 Å². The van der Waals surface area contributed by atoms with Gasteiger partial charge in [0.1, 0.15) is 0 Å². The Morgan fingerprint density at radius 3 is 2.67 bits per heavy atom. The second kappa shape index (κ2) is 5.51. The van der Waals surface area contributed by atoms with E-state index >= 15 is 0 Å². The van der Waals surface area contributed by atoms with Crippen molar-refractivity contribution >= 4 is 17.5 Å². The molecule has 0 saturated carbocycles. The van der Waals surface area contributed by atoms with Crippen LogP contribution in [0.25, 0.3) is 0 Å². The number of likely N-dealkylation sites (tertiary alicyclic amines) is 1. The molecule has 2 aliphatic rings. The number of amides is 2. The zero-order valence-corrected chi connectivity index (χ0v) is 12.8. The van der Waals surface area contributed by atoms with Gasteiger partial charge in [-0.1, -0.05) is 6.92 Å². The van der Waals surface area contributed by atoms with Crippen molar-refractivity contribution in [1.82, 2.24) is 4.90 Å². The summed E-state index contributed by atoms with van der Waals surface area (Å²) >= 11 is 0. The molecule has 21 heavy (non-hydrogen) atoms. The number of likely N-dealkylation sites (N-methyl/N-ethyl adjacent to an activating group) is 1. The highest BCUT2D eigenvalue weighted by Gasteiger charge is 2.28.